The average molecular weight is 235 g/mol. The van der Waals surface area contributed by atoms with Crippen molar-refractivity contribution in [3.05, 3.63) is 12.3 Å². The van der Waals surface area contributed by atoms with Crippen molar-refractivity contribution in [3.8, 4) is 5.88 Å². The molecular weight excluding hydrogens is 214 g/mol. The van der Waals surface area contributed by atoms with E-state index in [4.69, 9.17) is 4.74 Å². The second-order valence-corrected chi connectivity index (χ2v) is 4.68. The van der Waals surface area contributed by atoms with Crippen molar-refractivity contribution in [2.24, 2.45) is 0 Å². The third kappa shape index (κ3) is 2.87. The van der Waals surface area contributed by atoms with E-state index in [1.54, 1.807) is 12.3 Å². The van der Waals surface area contributed by atoms with Gasteiger partial charge in [-0.05, 0) is 32.1 Å². The van der Waals surface area contributed by atoms with Crippen LogP contribution in [0, 0.1) is 0 Å². The monoisotopic (exact) mass is 235 g/mol. The van der Waals surface area contributed by atoms with Crippen LogP contribution in [0.5, 0.6) is 5.88 Å². The van der Waals surface area contributed by atoms with Crippen LogP contribution in [0.25, 0.3) is 0 Å². The molecule has 0 aromatic carbocycles. The minimum Gasteiger partial charge on any atom is -0.478 e. The summed E-state index contributed by atoms with van der Waals surface area (Å²) in [6, 6.07) is 1.81. The molecule has 94 valence electrons. The Morgan fingerprint density at radius 3 is 2.82 bits per heavy atom. The zero-order valence-corrected chi connectivity index (χ0v) is 10.7. The second-order valence-electron chi connectivity index (χ2n) is 4.68. The Balaban J connectivity index is 2.00. The van der Waals surface area contributed by atoms with Crippen molar-refractivity contribution >= 4 is 5.95 Å². The van der Waals surface area contributed by atoms with E-state index in [1.165, 1.54) is 19.3 Å². The van der Waals surface area contributed by atoms with E-state index in [0.29, 0.717) is 18.4 Å². The first-order valence-corrected chi connectivity index (χ1v) is 6.52. The molecule has 1 aliphatic carbocycles. The molecule has 1 aromatic heterocycles. The van der Waals surface area contributed by atoms with Crippen LogP contribution in [-0.4, -0.2) is 22.1 Å². The average Bonchev–Trinajstić information content (AvgIpc) is 2.32. The van der Waals surface area contributed by atoms with E-state index < -0.39 is 0 Å². The lowest BCUT2D eigenvalue weighted by Crippen LogP contribution is -2.44. The van der Waals surface area contributed by atoms with Gasteiger partial charge in [-0.25, -0.2) is 4.98 Å². The minimum atomic E-state index is 0.226. The van der Waals surface area contributed by atoms with Crippen molar-refractivity contribution in [1.82, 2.24) is 9.97 Å². The van der Waals surface area contributed by atoms with Crippen molar-refractivity contribution in [2.75, 3.05) is 11.9 Å². The first-order chi connectivity index (χ1) is 8.28. The van der Waals surface area contributed by atoms with Crippen LogP contribution in [0.15, 0.2) is 12.3 Å². The lowest BCUT2D eigenvalue weighted by atomic mass is 9.75. The van der Waals surface area contributed by atoms with Gasteiger partial charge >= 0.3 is 0 Å². The van der Waals surface area contributed by atoms with E-state index >= 15 is 0 Å². The highest BCUT2D eigenvalue weighted by molar-refractivity contribution is 5.32. The summed E-state index contributed by atoms with van der Waals surface area (Å²) < 4.78 is 5.50. The molecule has 17 heavy (non-hydrogen) atoms. The molecule has 1 N–H and O–H groups in total. The Morgan fingerprint density at radius 1 is 1.41 bits per heavy atom. The molecule has 1 aromatic rings. The van der Waals surface area contributed by atoms with Crippen LogP contribution < -0.4 is 10.1 Å². The van der Waals surface area contributed by atoms with Crippen LogP contribution in [0.2, 0.25) is 0 Å². The fourth-order valence-corrected chi connectivity index (χ4v) is 2.10. The van der Waals surface area contributed by atoms with Crippen LogP contribution >= 0.6 is 0 Å². The fraction of sp³-hybridized carbons (Fsp3) is 0.692. The van der Waals surface area contributed by atoms with Crippen LogP contribution in [0.1, 0.15) is 46.0 Å². The standard InChI is InChI=1S/C13H21N3O/c1-3-10-17-11-6-9-14-12(15-11)16-13(4-2)7-5-8-13/h6,9H,3-5,7-8,10H2,1-2H3,(H,14,15,16). The summed E-state index contributed by atoms with van der Waals surface area (Å²) >= 11 is 0. The summed E-state index contributed by atoms with van der Waals surface area (Å²) in [6.45, 7) is 5.00. The lowest BCUT2D eigenvalue weighted by molar-refractivity contribution is 0.266. The molecule has 0 amide bonds. The van der Waals surface area contributed by atoms with Gasteiger partial charge in [0.25, 0.3) is 0 Å². The van der Waals surface area contributed by atoms with E-state index in [1.807, 2.05) is 0 Å². The van der Waals surface area contributed by atoms with Crippen LogP contribution in [0.4, 0.5) is 5.95 Å². The largest absolute Gasteiger partial charge is 0.478 e. The maximum absolute atomic E-state index is 5.50. The number of anilines is 1. The van der Waals surface area contributed by atoms with Gasteiger partial charge in [0.05, 0.1) is 6.61 Å². The Hall–Kier alpha value is -1.32. The zero-order valence-electron chi connectivity index (χ0n) is 10.7. The van der Waals surface area contributed by atoms with Gasteiger partial charge in [0.15, 0.2) is 0 Å². The van der Waals surface area contributed by atoms with Crippen molar-refractivity contribution in [1.29, 1.82) is 0 Å². The molecule has 0 unspecified atom stereocenters. The SMILES string of the molecule is CCCOc1ccnc(NC2(CC)CCC2)n1. The van der Waals surface area contributed by atoms with Gasteiger partial charge in [-0.2, -0.15) is 4.98 Å². The molecule has 1 saturated carbocycles. The molecule has 1 aliphatic rings. The molecule has 2 rings (SSSR count). The maximum Gasteiger partial charge on any atom is 0.226 e. The molecule has 1 heterocycles. The van der Waals surface area contributed by atoms with Crippen molar-refractivity contribution < 1.29 is 4.74 Å². The fourth-order valence-electron chi connectivity index (χ4n) is 2.10. The lowest BCUT2D eigenvalue weighted by Gasteiger charge is -2.41. The van der Waals surface area contributed by atoms with Gasteiger partial charge in [-0.1, -0.05) is 13.8 Å². The van der Waals surface area contributed by atoms with Crippen LogP contribution in [0.3, 0.4) is 0 Å². The summed E-state index contributed by atoms with van der Waals surface area (Å²) in [6.07, 6.45) is 7.59. The maximum atomic E-state index is 5.50. The Morgan fingerprint density at radius 2 is 2.24 bits per heavy atom. The molecule has 1 fully saturated rings. The van der Waals surface area contributed by atoms with Gasteiger partial charge in [0.1, 0.15) is 0 Å². The van der Waals surface area contributed by atoms with Gasteiger partial charge in [-0.15, -0.1) is 0 Å². The van der Waals surface area contributed by atoms with Gasteiger partial charge in [0.2, 0.25) is 11.8 Å². The summed E-state index contributed by atoms with van der Waals surface area (Å²) in [4.78, 5) is 8.64. The Kier molecular flexibility index (Phi) is 3.82. The third-order valence-corrected chi connectivity index (χ3v) is 3.45. The predicted octanol–water partition coefficient (Wildman–Crippen LogP) is 3.01. The van der Waals surface area contributed by atoms with E-state index in [-0.39, 0.29) is 5.54 Å². The number of aromatic nitrogens is 2. The number of rotatable bonds is 6. The first-order valence-electron chi connectivity index (χ1n) is 6.52. The smallest absolute Gasteiger partial charge is 0.226 e. The molecular formula is C13H21N3O. The van der Waals surface area contributed by atoms with Crippen LogP contribution in [-0.2, 0) is 0 Å². The topological polar surface area (TPSA) is 47.0 Å². The highest BCUT2D eigenvalue weighted by Crippen LogP contribution is 2.37. The van der Waals surface area contributed by atoms with Crippen molar-refractivity contribution in [3.63, 3.8) is 0 Å². The highest BCUT2D eigenvalue weighted by Gasteiger charge is 2.35. The quantitative estimate of drug-likeness (QED) is 0.823. The Labute approximate surface area is 103 Å². The Bertz CT molecular complexity index is 358. The zero-order chi connectivity index (χ0) is 12.1. The molecule has 0 radical (unpaired) electrons. The number of ether oxygens (including phenoxy) is 1. The van der Waals surface area contributed by atoms with E-state index in [0.717, 1.165) is 12.8 Å². The summed E-state index contributed by atoms with van der Waals surface area (Å²) in [7, 11) is 0. The molecule has 4 heteroatoms. The molecule has 0 atom stereocenters. The number of hydrogen-bond donors (Lipinski definition) is 1. The normalized spacial score (nSPS) is 17.3. The second kappa shape index (κ2) is 5.34. The van der Waals surface area contributed by atoms with E-state index in [2.05, 4.69) is 29.1 Å². The third-order valence-electron chi connectivity index (χ3n) is 3.45. The summed E-state index contributed by atoms with van der Waals surface area (Å²) in [5, 5.41) is 3.46. The summed E-state index contributed by atoms with van der Waals surface area (Å²) in [5.41, 5.74) is 0.226. The molecule has 0 spiro atoms. The van der Waals surface area contributed by atoms with Gasteiger partial charge < -0.3 is 10.1 Å². The number of hydrogen-bond acceptors (Lipinski definition) is 4. The molecule has 0 aliphatic heterocycles. The highest BCUT2D eigenvalue weighted by atomic mass is 16.5. The minimum absolute atomic E-state index is 0.226. The summed E-state index contributed by atoms with van der Waals surface area (Å²) in [5.74, 6) is 1.36. The van der Waals surface area contributed by atoms with Gasteiger partial charge in [-0.3, -0.25) is 0 Å². The molecule has 0 bridgehead atoms. The van der Waals surface area contributed by atoms with Crippen molar-refractivity contribution in [2.45, 2.75) is 51.5 Å². The molecule has 4 nitrogen and oxygen atoms in total. The molecule has 0 saturated heterocycles. The van der Waals surface area contributed by atoms with Gasteiger partial charge in [0, 0.05) is 17.8 Å². The first kappa shape index (κ1) is 12.1. The van der Waals surface area contributed by atoms with E-state index in [9.17, 15) is 0 Å². The number of nitrogens with one attached hydrogen (secondary N) is 1. The number of nitrogens with zero attached hydrogens (tertiary/aromatic N) is 2. The predicted molar refractivity (Wildman–Crippen MR) is 68.3 cm³/mol.